The smallest absolute Gasteiger partial charge is 0.146 e. The number of nitrogen functional groups attached to an aromatic ring is 1. The molecule has 2 rings (SSSR count). The summed E-state index contributed by atoms with van der Waals surface area (Å²) in [6.45, 7) is 2.59. The van der Waals surface area contributed by atoms with Gasteiger partial charge in [0, 0.05) is 0 Å². The van der Waals surface area contributed by atoms with Crippen LogP contribution in [0.25, 0.3) is 5.69 Å². The fourth-order valence-corrected chi connectivity index (χ4v) is 1.52. The van der Waals surface area contributed by atoms with Crippen molar-refractivity contribution in [3.05, 3.63) is 35.5 Å². The summed E-state index contributed by atoms with van der Waals surface area (Å²) in [5.74, 6) is 1.26. The standard InChI is InChI=1S/C11H12ClN3O/c1-2-16-9-5-3-8(4-6-9)15-11(13)10(12)7-14-15/h3-7H,2,13H2,1H3. The van der Waals surface area contributed by atoms with Crippen molar-refractivity contribution < 1.29 is 4.74 Å². The summed E-state index contributed by atoms with van der Waals surface area (Å²) in [6.07, 6.45) is 1.52. The van der Waals surface area contributed by atoms with Gasteiger partial charge in [0.05, 0.1) is 18.5 Å². The number of ether oxygens (including phenoxy) is 1. The molecule has 2 N–H and O–H groups in total. The molecule has 0 aliphatic rings. The van der Waals surface area contributed by atoms with Gasteiger partial charge in [0.25, 0.3) is 0 Å². The van der Waals surface area contributed by atoms with Crippen molar-refractivity contribution in [2.75, 3.05) is 12.3 Å². The number of hydrogen-bond donors (Lipinski definition) is 1. The Bertz CT molecular complexity index is 478. The van der Waals surface area contributed by atoms with E-state index in [0.29, 0.717) is 17.4 Å². The molecule has 0 spiro atoms. The van der Waals surface area contributed by atoms with Crippen molar-refractivity contribution in [1.29, 1.82) is 0 Å². The summed E-state index contributed by atoms with van der Waals surface area (Å²) in [5.41, 5.74) is 6.62. The molecule has 0 bridgehead atoms. The van der Waals surface area contributed by atoms with E-state index in [1.54, 1.807) is 4.68 Å². The summed E-state index contributed by atoms with van der Waals surface area (Å²) in [5, 5.41) is 4.53. The van der Waals surface area contributed by atoms with Crippen molar-refractivity contribution in [1.82, 2.24) is 9.78 Å². The van der Waals surface area contributed by atoms with E-state index in [-0.39, 0.29) is 0 Å². The van der Waals surface area contributed by atoms with Crippen LogP contribution in [-0.4, -0.2) is 16.4 Å². The maximum absolute atomic E-state index is 5.83. The molecule has 1 heterocycles. The maximum Gasteiger partial charge on any atom is 0.146 e. The van der Waals surface area contributed by atoms with Crippen molar-refractivity contribution >= 4 is 17.4 Å². The molecule has 0 aliphatic carbocycles. The molecule has 0 fully saturated rings. The Kier molecular flexibility index (Phi) is 3.01. The molecule has 0 atom stereocenters. The SMILES string of the molecule is CCOc1ccc(-n2ncc(Cl)c2N)cc1. The zero-order chi connectivity index (χ0) is 11.5. The largest absolute Gasteiger partial charge is 0.494 e. The van der Waals surface area contributed by atoms with E-state index in [2.05, 4.69) is 5.10 Å². The van der Waals surface area contributed by atoms with Crippen LogP contribution in [0.3, 0.4) is 0 Å². The van der Waals surface area contributed by atoms with Gasteiger partial charge in [0.15, 0.2) is 0 Å². The Morgan fingerprint density at radius 1 is 1.38 bits per heavy atom. The summed E-state index contributed by atoms with van der Waals surface area (Å²) in [4.78, 5) is 0. The van der Waals surface area contributed by atoms with Crippen LogP contribution in [0.2, 0.25) is 5.02 Å². The van der Waals surface area contributed by atoms with Crippen molar-refractivity contribution in [2.24, 2.45) is 0 Å². The van der Waals surface area contributed by atoms with Crippen molar-refractivity contribution in [3.8, 4) is 11.4 Å². The van der Waals surface area contributed by atoms with Gasteiger partial charge < -0.3 is 10.5 Å². The Morgan fingerprint density at radius 3 is 2.56 bits per heavy atom. The molecule has 0 unspecified atom stereocenters. The normalized spacial score (nSPS) is 10.4. The molecule has 0 amide bonds. The van der Waals surface area contributed by atoms with E-state index < -0.39 is 0 Å². The molecule has 16 heavy (non-hydrogen) atoms. The van der Waals surface area contributed by atoms with Gasteiger partial charge in [-0.1, -0.05) is 11.6 Å². The average molecular weight is 238 g/mol. The second kappa shape index (κ2) is 4.45. The maximum atomic E-state index is 5.83. The molecule has 4 nitrogen and oxygen atoms in total. The molecular formula is C11H12ClN3O. The number of nitrogens with two attached hydrogens (primary N) is 1. The summed E-state index contributed by atoms with van der Waals surface area (Å²) in [7, 11) is 0. The van der Waals surface area contributed by atoms with E-state index in [4.69, 9.17) is 22.1 Å². The summed E-state index contributed by atoms with van der Waals surface area (Å²) in [6, 6.07) is 7.50. The fraction of sp³-hybridized carbons (Fsp3) is 0.182. The minimum atomic E-state index is 0.436. The predicted octanol–water partition coefficient (Wildman–Crippen LogP) is 2.51. The second-order valence-corrected chi connectivity index (χ2v) is 3.62. The van der Waals surface area contributed by atoms with E-state index in [0.717, 1.165) is 11.4 Å². The van der Waals surface area contributed by atoms with Crippen LogP contribution in [0.5, 0.6) is 5.75 Å². The van der Waals surface area contributed by atoms with E-state index >= 15 is 0 Å². The molecule has 5 heteroatoms. The van der Waals surface area contributed by atoms with Gasteiger partial charge in [-0.25, -0.2) is 4.68 Å². The lowest BCUT2D eigenvalue weighted by atomic mass is 10.3. The van der Waals surface area contributed by atoms with E-state index in [9.17, 15) is 0 Å². The van der Waals surface area contributed by atoms with Gasteiger partial charge in [-0.15, -0.1) is 0 Å². The predicted molar refractivity (Wildman–Crippen MR) is 64.2 cm³/mol. The minimum absolute atomic E-state index is 0.436. The first-order valence-corrected chi connectivity index (χ1v) is 5.32. The Hall–Kier alpha value is -1.68. The summed E-state index contributed by atoms with van der Waals surface area (Å²) < 4.78 is 6.93. The number of rotatable bonds is 3. The topological polar surface area (TPSA) is 53.1 Å². The lowest BCUT2D eigenvalue weighted by Crippen LogP contribution is -2.01. The van der Waals surface area contributed by atoms with Crippen molar-refractivity contribution in [3.63, 3.8) is 0 Å². The van der Waals surface area contributed by atoms with Crippen LogP contribution in [0.1, 0.15) is 6.92 Å². The second-order valence-electron chi connectivity index (χ2n) is 3.22. The third kappa shape index (κ3) is 1.97. The number of aromatic nitrogens is 2. The zero-order valence-electron chi connectivity index (χ0n) is 8.85. The Labute approximate surface area is 98.6 Å². The van der Waals surface area contributed by atoms with Crippen LogP contribution < -0.4 is 10.5 Å². The van der Waals surface area contributed by atoms with Gasteiger partial charge >= 0.3 is 0 Å². The van der Waals surface area contributed by atoms with Crippen molar-refractivity contribution in [2.45, 2.75) is 6.92 Å². The number of hydrogen-bond acceptors (Lipinski definition) is 3. The molecule has 0 saturated carbocycles. The molecule has 1 aromatic heterocycles. The Morgan fingerprint density at radius 2 is 2.06 bits per heavy atom. The molecule has 0 radical (unpaired) electrons. The Balaban J connectivity index is 2.31. The van der Waals surface area contributed by atoms with Crippen LogP contribution >= 0.6 is 11.6 Å². The molecule has 1 aromatic carbocycles. The lowest BCUT2D eigenvalue weighted by molar-refractivity contribution is 0.340. The first-order chi connectivity index (χ1) is 7.72. The van der Waals surface area contributed by atoms with Gasteiger partial charge in [0.1, 0.15) is 16.6 Å². The number of halogens is 1. The number of anilines is 1. The first-order valence-electron chi connectivity index (χ1n) is 4.94. The third-order valence-electron chi connectivity index (χ3n) is 2.15. The monoisotopic (exact) mass is 237 g/mol. The highest BCUT2D eigenvalue weighted by molar-refractivity contribution is 6.32. The average Bonchev–Trinajstić information content (AvgIpc) is 2.62. The van der Waals surface area contributed by atoms with Crippen LogP contribution in [0, 0.1) is 0 Å². The summed E-state index contributed by atoms with van der Waals surface area (Å²) >= 11 is 5.83. The third-order valence-corrected chi connectivity index (χ3v) is 2.44. The molecule has 2 aromatic rings. The van der Waals surface area contributed by atoms with E-state index in [1.807, 2.05) is 31.2 Å². The highest BCUT2D eigenvalue weighted by Crippen LogP contribution is 2.22. The zero-order valence-corrected chi connectivity index (χ0v) is 9.61. The fourth-order valence-electron chi connectivity index (χ4n) is 1.39. The highest BCUT2D eigenvalue weighted by Gasteiger charge is 2.06. The van der Waals surface area contributed by atoms with Crippen LogP contribution in [0.15, 0.2) is 30.5 Å². The van der Waals surface area contributed by atoms with E-state index in [1.165, 1.54) is 6.20 Å². The molecule has 0 aliphatic heterocycles. The first kappa shape index (κ1) is 10.8. The minimum Gasteiger partial charge on any atom is -0.494 e. The van der Waals surface area contributed by atoms with Gasteiger partial charge in [-0.05, 0) is 31.2 Å². The van der Waals surface area contributed by atoms with Gasteiger partial charge in [-0.2, -0.15) is 5.10 Å². The highest BCUT2D eigenvalue weighted by atomic mass is 35.5. The number of nitrogens with zero attached hydrogens (tertiary/aromatic N) is 2. The molecule has 84 valence electrons. The van der Waals surface area contributed by atoms with Crippen LogP contribution in [-0.2, 0) is 0 Å². The number of benzene rings is 1. The lowest BCUT2D eigenvalue weighted by Gasteiger charge is -2.06. The van der Waals surface area contributed by atoms with Gasteiger partial charge in [-0.3, -0.25) is 0 Å². The van der Waals surface area contributed by atoms with Crippen LogP contribution in [0.4, 0.5) is 5.82 Å². The quantitative estimate of drug-likeness (QED) is 0.893. The molecule has 0 saturated heterocycles. The van der Waals surface area contributed by atoms with Gasteiger partial charge in [0.2, 0.25) is 0 Å². The molecular weight excluding hydrogens is 226 g/mol.